The number of likely N-dealkylation sites (N-methyl/N-ethyl adjacent to an activating group) is 1. The van der Waals surface area contributed by atoms with E-state index >= 15 is 0 Å². The van der Waals surface area contributed by atoms with Gasteiger partial charge in [-0.2, -0.15) is 5.26 Å². The summed E-state index contributed by atoms with van der Waals surface area (Å²) in [5.41, 5.74) is 1.70. The minimum absolute atomic E-state index is 0.0517. The number of hydrogen-bond donors (Lipinski definition) is 1. The number of ether oxygens (including phenoxy) is 1. The molecule has 1 aromatic carbocycles. The molecule has 1 amide bonds. The molecule has 0 unspecified atom stereocenters. The first-order chi connectivity index (χ1) is 8.72. The zero-order chi connectivity index (χ0) is 13.0. The number of amides is 1. The van der Waals surface area contributed by atoms with Crippen molar-refractivity contribution < 1.29 is 9.53 Å². The van der Waals surface area contributed by atoms with Crippen molar-refractivity contribution in [1.82, 2.24) is 0 Å². The maximum atomic E-state index is 11.5. The quantitative estimate of drug-likeness (QED) is 0.821. The monoisotopic (exact) mass is 245 g/mol. The molecule has 0 aromatic heterocycles. The zero-order valence-electron chi connectivity index (χ0n) is 10.3. The molecule has 1 aliphatic heterocycles. The molecule has 0 saturated carbocycles. The number of carbonyl (C=O) groups is 1. The number of anilines is 2. The maximum absolute atomic E-state index is 11.5. The van der Waals surface area contributed by atoms with Crippen LogP contribution in [0.15, 0.2) is 18.2 Å². The third kappa shape index (κ3) is 2.54. The van der Waals surface area contributed by atoms with Gasteiger partial charge in [0.05, 0.1) is 11.8 Å². The smallest absolute Gasteiger partial charge is 0.264 e. The standard InChI is InChI=1S/C13H15N3O2/c1-16-11-8-10(15-7-3-2-6-14)4-5-12(11)18-9-13(16)17/h4-5,8,15H,2-3,7,9H2,1H3. The van der Waals surface area contributed by atoms with Gasteiger partial charge in [-0.1, -0.05) is 0 Å². The fourth-order valence-electron chi connectivity index (χ4n) is 1.78. The summed E-state index contributed by atoms with van der Waals surface area (Å²) in [7, 11) is 1.74. The van der Waals surface area contributed by atoms with Crippen LogP contribution in [0.5, 0.6) is 5.75 Å². The Morgan fingerprint density at radius 2 is 2.39 bits per heavy atom. The predicted molar refractivity (Wildman–Crippen MR) is 68.7 cm³/mol. The van der Waals surface area contributed by atoms with Gasteiger partial charge in [-0.25, -0.2) is 0 Å². The molecular formula is C13H15N3O2. The Bertz CT molecular complexity index is 493. The second-order valence-electron chi connectivity index (χ2n) is 4.11. The molecule has 0 aliphatic carbocycles. The minimum Gasteiger partial charge on any atom is -0.482 e. The van der Waals surface area contributed by atoms with Gasteiger partial charge < -0.3 is 15.0 Å². The van der Waals surface area contributed by atoms with Crippen LogP contribution in [-0.2, 0) is 4.79 Å². The number of nitrogens with zero attached hydrogens (tertiary/aromatic N) is 2. The lowest BCUT2D eigenvalue weighted by Crippen LogP contribution is -2.35. The number of nitrogens with one attached hydrogen (secondary N) is 1. The molecule has 5 heteroatoms. The second-order valence-corrected chi connectivity index (χ2v) is 4.11. The largest absolute Gasteiger partial charge is 0.482 e. The minimum atomic E-state index is -0.0517. The molecule has 18 heavy (non-hydrogen) atoms. The SMILES string of the molecule is CN1C(=O)COc2ccc(NCCCC#N)cc21. The molecule has 0 bridgehead atoms. The topological polar surface area (TPSA) is 65.4 Å². The van der Waals surface area contributed by atoms with Crippen LogP contribution >= 0.6 is 0 Å². The molecule has 0 atom stereocenters. The summed E-state index contributed by atoms with van der Waals surface area (Å²) >= 11 is 0. The van der Waals surface area contributed by atoms with Gasteiger partial charge >= 0.3 is 0 Å². The van der Waals surface area contributed by atoms with Crippen molar-refractivity contribution >= 4 is 17.3 Å². The summed E-state index contributed by atoms with van der Waals surface area (Å²) < 4.78 is 5.34. The molecule has 0 fully saturated rings. The molecule has 1 aromatic rings. The van der Waals surface area contributed by atoms with E-state index in [-0.39, 0.29) is 12.5 Å². The van der Waals surface area contributed by atoms with E-state index in [0.717, 1.165) is 30.1 Å². The van der Waals surface area contributed by atoms with Crippen LogP contribution in [0.1, 0.15) is 12.8 Å². The van der Waals surface area contributed by atoms with Crippen molar-refractivity contribution in [3.63, 3.8) is 0 Å². The first kappa shape index (κ1) is 12.2. The van der Waals surface area contributed by atoms with Crippen molar-refractivity contribution in [2.24, 2.45) is 0 Å². The van der Waals surface area contributed by atoms with Gasteiger partial charge in [0.2, 0.25) is 0 Å². The van der Waals surface area contributed by atoms with Crippen molar-refractivity contribution in [3.05, 3.63) is 18.2 Å². The molecular weight excluding hydrogens is 230 g/mol. The van der Waals surface area contributed by atoms with Crippen LogP contribution in [-0.4, -0.2) is 26.1 Å². The van der Waals surface area contributed by atoms with E-state index in [0.29, 0.717) is 6.42 Å². The molecule has 1 aliphatic rings. The van der Waals surface area contributed by atoms with Gasteiger partial charge in [0.15, 0.2) is 6.61 Å². The number of carbonyl (C=O) groups excluding carboxylic acids is 1. The molecule has 5 nitrogen and oxygen atoms in total. The Kier molecular flexibility index (Phi) is 3.68. The number of unbranched alkanes of at least 4 members (excludes halogenated alkanes) is 1. The number of nitriles is 1. The highest BCUT2D eigenvalue weighted by Crippen LogP contribution is 2.33. The lowest BCUT2D eigenvalue weighted by molar-refractivity contribution is -0.120. The summed E-state index contributed by atoms with van der Waals surface area (Å²) in [6, 6.07) is 7.76. The molecule has 1 heterocycles. The summed E-state index contributed by atoms with van der Waals surface area (Å²) in [4.78, 5) is 13.1. The molecule has 0 saturated heterocycles. The van der Waals surface area contributed by atoms with Crippen LogP contribution in [0.3, 0.4) is 0 Å². The fourth-order valence-corrected chi connectivity index (χ4v) is 1.78. The van der Waals surface area contributed by atoms with Crippen LogP contribution in [0.25, 0.3) is 0 Å². The van der Waals surface area contributed by atoms with Gasteiger partial charge in [0.25, 0.3) is 5.91 Å². The lowest BCUT2D eigenvalue weighted by atomic mass is 10.2. The Balaban J connectivity index is 2.07. The number of hydrogen-bond acceptors (Lipinski definition) is 4. The van der Waals surface area contributed by atoms with Crippen LogP contribution in [0.4, 0.5) is 11.4 Å². The van der Waals surface area contributed by atoms with Crippen LogP contribution < -0.4 is 15.0 Å². The molecule has 1 N–H and O–H groups in total. The average molecular weight is 245 g/mol. The average Bonchev–Trinajstić information content (AvgIpc) is 2.39. The van der Waals surface area contributed by atoms with Gasteiger partial charge in [-0.15, -0.1) is 0 Å². The summed E-state index contributed by atoms with van der Waals surface area (Å²) in [5.74, 6) is 0.670. The van der Waals surface area contributed by atoms with Crippen molar-refractivity contribution in [3.8, 4) is 11.8 Å². The van der Waals surface area contributed by atoms with Gasteiger partial charge in [-0.05, 0) is 24.6 Å². The number of rotatable bonds is 4. The van der Waals surface area contributed by atoms with Crippen molar-refractivity contribution in [2.75, 3.05) is 30.4 Å². The molecule has 0 radical (unpaired) electrons. The predicted octanol–water partition coefficient (Wildman–Crippen LogP) is 1.76. The zero-order valence-corrected chi connectivity index (χ0v) is 10.3. The van der Waals surface area contributed by atoms with Crippen molar-refractivity contribution in [2.45, 2.75) is 12.8 Å². The second kappa shape index (κ2) is 5.41. The summed E-state index contributed by atoms with van der Waals surface area (Å²) in [6.45, 7) is 0.837. The van der Waals surface area contributed by atoms with E-state index < -0.39 is 0 Å². The van der Waals surface area contributed by atoms with Gasteiger partial charge in [-0.3, -0.25) is 4.79 Å². The molecule has 2 rings (SSSR count). The van der Waals surface area contributed by atoms with Crippen LogP contribution in [0, 0.1) is 11.3 Å². The van der Waals surface area contributed by atoms with E-state index in [1.165, 1.54) is 0 Å². The maximum Gasteiger partial charge on any atom is 0.264 e. The first-order valence-electron chi connectivity index (χ1n) is 5.86. The Morgan fingerprint density at radius 3 is 3.17 bits per heavy atom. The fraction of sp³-hybridized carbons (Fsp3) is 0.385. The molecule has 94 valence electrons. The first-order valence-corrected chi connectivity index (χ1v) is 5.86. The Morgan fingerprint density at radius 1 is 1.56 bits per heavy atom. The third-order valence-electron chi connectivity index (χ3n) is 2.84. The highest BCUT2D eigenvalue weighted by molar-refractivity contribution is 5.97. The van der Waals surface area contributed by atoms with Gasteiger partial charge in [0.1, 0.15) is 5.75 Å². The highest BCUT2D eigenvalue weighted by atomic mass is 16.5. The summed E-state index contributed by atoms with van der Waals surface area (Å²) in [6.07, 6.45) is 1.35. The Labute approximate surface area is 106 Å². The van der Waals surface area contributed by atoms with Crippen molar-refractivity contribution in [1.29, 1.82) is 5.26 Å². The van der Waals surface area contributed by atoms with E-state index in [2.05, 4.69) is 11.4 Å². The normalized spacial score (nSPS) is 13.6. The van der Waals surface area contributed by atoms with E-state index in [4.69, 9.17) is 10.00 Å². The van der Waals surface area contributed by atoms with E-state index in [1.54, 1.807) is 11.9 Å². The van der Waals surface area contributed by atoms with Gasteiger partial charge in [0, 0.05) is 25.7 Å². The number of benzene rings is 1. The lowest BCUT2D eigenvalue weighted by Gasteiger charge is -2.26. The third-order valence-corrected chi connectivity index (χ3v) is 2.84. The van der Waals surface area contributed by atoms with E-state index in [1.807, 2.05) is 18.2 Å². The van der Waals surface area contributed by atoms with E-state index in [9.17, 15) is 4.79 Å². The molecule has 0 spiro atoms. The highest BCUT2D eigenvalue weighted by Gasteiger charge is 2.22. The van der Waals surface area contributed by atoms with Crippen LogP contribution in [0.2, 0.25) is 0 Å². The summed E-state index contributed by atoms with van der Waals surface area (Å²) in [5, 5.41) is 11.7. The number of fused-ring (bicyclic) bond motifs is 1. The Hall–Kier alpha value is -2.22.